The molecule has 0 unspecified atom stereocenters. The van der Waals surface area contributed by atoms with Crippen LogP contribution in [0.25, 0.3) is 0 Å². The Morgan fingerprint density at radius 3 is 2.55 bits per heavy atom. The van der Waals surface area contributed by atoms with Crippen LogP contribution in [0.2, 0.25) is 0 Å². The SMILES string of the molecule is O=C(Nc1nccs1)c1ccc(COc2ccccc2)cc1. The van der Waals surface area contributed by atoms with E-state index < -0.39 is 0 Å². The lowest BCUT2D eigenvalue weighted by Gasteiger charge is -2.07. The van der Waals surface area contributed by atoms with Gasteiger partial charge >= 0.3 is 0 Å². The van der Waals surface area contributed by atoms with Crippen molar-refractivity contribution in [2.24, 2.45) is 0 Å². The number of anilines is 1. The van der Waals surface area contributed by atoms with Gasteiger partial charge in [-0.05, 0) is 29.8 Å². The summed E-state index contributed by atoms with van der Waals surface area (Å²) in [7, 11) is 0. The third-order valence-electron chi connectivity index (χ3n) is 3.02. The number of amides is 1. The van der Waals surface area contributed by atoms with Crippen LogP contribution in [0.1, 0.15) is 15.9 Å². The molecule has 5 heteroatoms. The highest BCUT2D eigenvalue weighted by Crippen LogP contribution is 2.14. The fourth-order valence-electron chi connectivity index (χ4n) is 1.89. The quantitative estimate of drug-likeness (QED) is 0.775. The fourth-order valence-corrected chi connectivity index (χ4v) is 2.41. The number of thiazole rings is 1. The molecule has 1 amide bonds. The first kappa shape index (κ1) is 14.3. The summed E-state index contributed by atoms with van der Waals surface area (Å²) in [4.78, 5) is 16.1. The molecule has 1 aromatic heterocycles. The average molecular weight is 310 g/mol. The molecule has 4 nitrogen and oxygen atoms in total. The van der Waals surface area contributed by atoms with Gasteiger partial charge in [0.25, 0.3) is 5.91 Å². The monoisotopic (exact) mass is 310 g/mol. The summed E-state index contributed by atoms with van der Waals surface area (Å²) in [6.07, 6.45) is 1.66. The number of para-hydroxylation sites is 1. The maximum atomic E-state index is 12.0. The zero-order valence-corrected chi connectivity index (χ0v) is 12.5. The van der Waals surface area contributed by atoms with Gasteiger partial charge < -0.3 is 4.74 Å². The highest BCUT2D eigenvalue weighted by atomic mass is 32.1. The number of hydrogen-bond donors (Lipinski definition) is 1. The summed E-state index contributed by atoms with van der Waals surface area (Å²) in [5.74, 6) is 0.665. The molecule has 0 aliphatic rings. The number of ether oxygens (including phenoxy) is 1. The number of aromatic nitrogens is 1. The molecule has 2 aromatic carbocycles. The zero-order valence-electron chi connectivity index (χ0n) is 11.7. The summed E-state index contributed by atoms with van der Waals surface area (Å²) >= 11 is 1.39. The van der Waals surface area contributed by atoms with Crippen molar-refractivity contribution >= 4 is 22.4 Å². The summed E-state index contributed by atoms with van der Waals surface area (Å²) in [5.41, 5.74) is 1.60. The highest BCUT2D eigenvalue weighted by molar-refractivity contribution is 7.13. The van der Waals surface area contributed by atoms with Gasteiger partial charge in [0.15, 0.2) is 5.13 Å². The maximum Gasteiger partial charge on any atom is 0.257 e. The van der Waals surface area contributed by atoms with Crippen molar-refractivity contribution in [2.75, 3.05) is 5.32 Å². The van der Waals surface area contributed by atoms with Gasteiger partial charge in [0, 0.05) is 17.1 Å². The second-order valence-corrected chi connectivity index (χ2v) is 5.48. The van der Waals surface area contributed by atoms with Gasteiger partial charge in [-0.15, -0.1) is 11.3 Å². The van der Waals surface area contributed by atoms with Crippen LogP contribution in [-0.4, -0.2) is 10.9 Å². The summed E-state index contributed by atoms with van der Waals surface area (Å²) in [6.45, 7) is 0.471. The molecule has 0 spiro atoms. The van der Waals surface area contributed by atoms with Gasteiger partial charge in [0.05, 0.1) is 0 Å². The number of nitrogens with zero attached hydrogens (tertiary/aromatic N) is 1. The second kappa shape index (κ2) is 6.87. The van der Waals surface area contributed by atoms with E-state index in [9.17, 15) is 4.79 Å². The second-order valence-electron chi connectivity index (χ2n) is 4.59. The topological polar surface area (TPSA) is 51.2 Å². The molecular weight excluding hydrogens is 296 g/mol. The minimum absolute atomic E-state index is 0.162. The number of carbonyl (C=O) groups is 1. The largest absolute Gasteiger partial charge is 0.489 e. The van der Waals surface area contributed by atoms with E-state index in [-0.39, 0.29) is 5.91 Å². The van der Waals surface area contributed by atoms with Crippen LogP contribution in [0.5, 0.6) is 5.75 Å². The molecule has 3 aromatic rings. The molecule has 0 atom stereocenters. The molecule has 0 bridgehead atoms. The number of nitrogens with one attached hydrogen (secondary N) is 1. The molecular formula is C17H14N2O2S. The van der Waals surface area contributed by atoms with E-state index in [0.717, 1.165) is 11.3 Å². The molecule has 0 aliphatic heterocycles. The van der Waals surface area contributed by atoms with E-state index in [1.807, 2.05) is 47.8 Å². The zero-order chi connectivity index (χ0) is 15.2. The molecule has 0 fully saturated rings. The van der Waals surface area contributed by atoms with E-state index in [0.29, 0.717) is 17.3 Å². The first-order chi connectivity index (χ1) is 10.8. The van der Waals surface area contributed by atoms with Crippen molar-refractivity contribution in [1.82, 2.24) is 4.98 Å². The summed E-state index contributed by atoms with van der Waals surface area (Å²) in [5, 5.41) is 5.17. The van der Waals surface area contributed by atoms with E-state index in [1.165, 1.54) is 11.3 Å². The number of rotatable bonds is 5. The third-order valence-corrected chi connectivity index (χ3v) is 3.71. The van der Waals surface area contributed by atoms with Gasteiger partial charge in [-0.1, -0.05) is 30.3 Å². The maximum absolute atomic E-state index is 12.0. The Labute approximate surface area is 132 Å². The number of benzene rings is 2. The molecule has 1 N–H and O–H groups in total. The first-order valence-corrected chi connectivity index (χ1v) is 7.67. The van der Waals surface area contributed by atoms with Gasteiger partial charge in [-0.3, -0.25) is 10.1 Å². The molecule has 0 saturated carbocycles. The third kappa shape index (κ3) is 3.71. The summed E-state index contributed by atoms with van der Waals surface area (Å²) < 4.78 is 5.67. The molecule has 0 saturated heterocycles. The van der Waals surface area contributed by atoms with Crippen LogP contribution in [0.3, 0.4) is 0 Å². The Kier molecular flexibility index (Phi) is 4.46. The van der Waals surface area contributed by atoms with Gasteiger partial charge in [0.2, 0.25) is 0 Å². The Morgan fingerprint density at radius 1 is 1.09 bits per heavy atom. The smallest absolute Gasteiger partial charge is 0.257 e. The Balaban J connectivity index is 1.59. The van der Waals surface area contributed by atoms with Crippen molar-refractivity contribution in [1.29, 1.82) is 0 Å². The molecule has 0 radical (unpaired) electrons. The van der Waals surface area contributed by atoms with Crippen molar-refractivity contribution in [3.05, 3.63) is 77.3 Å². The minimum atomic E-state index is -0.162. The predicted octanol–water partition coefficient (Wildman–Crippen LogP) is 3.97. The van der Waals surface area contributed by atoms with E-state index in [4.69, 9.17) is 4.74 Å². The highest BCUT2D eigenvalue weighted by Gasteiger charge is 2.07. The summed E-state index contributed by atoms with van der Waals surface area (Å²) in [6, 6.07) is 17.0. The van der Waals surface area contributed by atoms with Gasteiger partial charge in [-0.2, -0.15) is 0 Å². The minimum Gasteiger partial charge on any atom is -0.489 e. The Bertz CT molecular complexity index is 725. The lowest BCUT2D eigenvalue weighted by Crippen LogP contribution is -2.11. The molecule has 3 rings (SSSR count). The van der Waals surface area contributed by atoms with Gasteiger partial charge in [-0.25, -0.2) is 4.98 Å². The van der Waals surface area contributed by atoms with Crippen molar-refractivity contribution in [2.45, 2.75) is 6.61 Å². The van der Waals surface area contributed by atoms with Crippen molar-refractivity contribution in [3.8, 4) is 5.75 Å². The molecule has 22 heavy (non-hydrogen) atoms. The van der Waals surface area contributed by atoms with E-state index in [1.54, 1.807) is 18.3 Å². The average Bonchev–Trinajstić information content (AvgIpc) is 3.07. The van der Waals surface area contributed by atoms with Crippen LogP contribution in [0.4, 0.5) is 5.13 Å². The molecule has 0 aliphatic carbocycles. The van der Waals surface area contributed by atoms with Crippen molar-refractivity contribution < 1.29 is 9.53 Å². The standard InChI is InChI=1S/C17H14N2O2S/c20-16(19-17-18-10-11-22-17)14-8-6-13(7-9-14)12-21-15-4-2-1-3-5-15/h1-11H,12H2,(H,18,19,20). The van der Waals surface area contributed by atoms with Crippen LogP contribution in [0, 0.1) is 0 Å². The Hall–Kier alpha value is -2.66. The Morgan fingerprint density at radius 2 is 1.86 bits per heavy atom. The fraction of sp³-hybridized carbons (Fsp3) is 0.0588. The van der Waals surface area contributed by atoms with E-state index in [2.05, 4.69) is 10.3 Å². The van der Waals surface area contributed by atoms with E-state index >= 15 is 0 Å². The lowest BCUT2D eigenvalue weighted by atomic mass is 10.1. The van der Waals surface area contributed by atoms with Crippen LogP contribution in [0.15, 0.2) is 66.2 Å². The normalized spacial score (nSPS) is 10.2. The van der Waals surface area contributed by atoms with Gasteiger partial charge in [0.1, 0.15) is 12.4 Å². The van der Waals surface area contributed by atoms with Crippen LogP contribution < -0.4 is 10.1 Å². The molecule has 1 heterocycles. The van der Waals surface area contributed by atoms with Crippen LogP contribution in [-0.2, 0) is 6.61 Å². The number of hydrogen-bond acceptors (Lipinski definition) is 4. The van der Waals surface area contributed by atoms with Crippen molar-refractivity contribution in [3.63, 3.8) is 0 Å². The lowest BCUT2D eigenvalue weighted by molar-refractivity contribution is 0.102. The predicted molar refractivity (Wildman–Crippen MR) is 87.3 cm³/mol. The van der Waals surface area contributed by atoms with Crippen LogP contribution >= 0.6 is 11.3 Å². The first-order valence-electron chi connectivity index (χ1n) is 6.79. The molecule has 110 valence electrons. The number of carbonyl (C=O) groups excluding carboxylic acids is 1.